The Balaban J connectivity index is 1.73. The maximum atomic E-state index is 4.39. The maximum Gasteiger partial charge on any atom is 0.0541 e. The van der Waals surface area contributed by atoms with Crippen molar-refractivity contribution in [1.29, 1.82) is 0 Å². The molecule has 1 fully saturated rings. The third kappa shape index (κ3) is 3.03. The molecule has 0 saturated heterocycles. The van der Waals surface area contributed by atoms with Crippen molar-refractivity contribution in [2.45, 2.75) is 45.7 Å². The average molecular weight is 204 g/mol. The topological polar surface area (TPSA) is 24.9 Å². The van der Waals surface area contributed by atoms with Gasteiger partial charge in [0.1, 0.15) is 0 Å². The van der Waals surface area contributed by atoms with Crippen molar-refractivity contribution in [3.05, 3.63) is 29.6 Å². The molecular formula is C13H20N2. The molecule has 1 aromatic heterocycles. The van der Waals surface area contributed by atoms with E-state index in [1.807, 2.05) is 6.20 Å². The second-order valence-electron chi connectivity index (χ2n) is 4.60. The fourth-order valence-corrected chi connectivity index (χ4v) is 2.03. The molecular weight excluding hydrogens is 184 g/mol. The van der Waals surface area contributed by atoms with E-state index in [9.17, 15) is 0 Å². The number of aromatic nitrogens is 1. The second kappa shape index (κ2) is 4.75. The van der Waals surface area contributed by atoms with Crippen molar-refractivity contribution in [3.8, 4) is 0 Å². The Labute approximate surface area is 92.1 Å². The van der Waals surface area contributed by atoms with Crippen LogP contribution in [0.3, 0.4) is 0 Å². The van der Waals surface area contributed by atoms with Gasteiger partial charge in [-0.25, -0.2) is 0 Å². The lowest BCUT2D eigenvalue weighted by Crippen LogP contribution is -2.18. The Morgan fingerprint density at radius 2 is 2.33 bits per heavy atom. The smallest absolute Gasteiger partial charge is 0.0541 e. The van der Waals surface area contributed by atoms with Gasteiger partial charge < -0.3 is 5.32 Å². The summed E-state index contributed by atoms with van der Waals surface area (Å²) in [5.41, 5.74) is 2.39. The van der Waals surface area contributed by atoms with Crippen LogP contribution < -0.4 is 5.32 Å². The maximum absolute atomic E-state index is 4.39. The van der Waals surface area contributed by atoms with Crippen molar-refractivity contribution in [2.24, 2.45) is 5.92 Å². The molecule has 1 aliphatic rings. The average Bonchev–Trinajstić information content (AvgIpc) is 2.97. The molecule has 0 spiro atoms. The summed E-state index contributed by atoms with van der Waals surface area (Å²) >= 11 is 0. The molecule has 2 nitrogen and oxygen atoms in total. The Kier molecular flexibility index (Phi) is 3.37. The van der Waals surface area contributed by atoms with Crippen LogP contribution in [-0.2, 0) is 6.54 Å². The predicted molar refractivity (Wildman–Crippen MR) is 62.6 cm³/mol. The first kappa shape index (κ1) is 10.6. The van der Waals surface area contributed by atoms with Gasteiger partial charge in [-0.2, -0.15) is 0 Å². The van der Waals surface area contributed by atoms with Crippen LogP contribution in [0.4, 0.5) is 0 Å². The van der Waals surface area contributed by atoms with E-state index in [1.165, 1.54) is 24.8 Å². The molecule has 1 saturated carbocycles. The zero-order valence-electron chi connectivity index (χ0n) is 9.66. The third-order valence-corrected chi connectivity index (χ3v) is 3.10. The molecule has 0 bridgehead atoms. The number of hydrogen-bond acceptors (Lipinski definition) is 2. The Hall–Kier alpha value is -0.890. The van der Waals surface area contributed by atoms with Gasteiger partial charge >= 0.3 is 0 Å². The van der Waals surface area contributed by atoms with Gasteiger partial charge in [0.05, 0.1) is 5.69 Å². The van der Waals surface area contributed by atoms with E-state index in [0.29, 0.717) is 0 Å². The van der Waals surface area contributed by atoms with Gasteiger partial charge in [0.2, 0.25) is 0 Å². The van der Waals surface area contributed by atoms with Crippen molar-refractivity contribution in [2.75, 3.05) is 0 Å². The van der Waals surface area contributed by atoms with Crippen LogP contribution in [0, 0.1) is 12.8 Å². The molecule has 15 heavy (non-hydrogen) atoms. The Morgan fingerprint density at radius 3 is 3.00 bits per heavy atom. The largest absolute Gasteiger partial charge is 0.308 e. The van der Waals surface area contributed by atoms with Crippen molar-refractivity contribution in [1.82, 2.24) is 10.3 Å². The zero-order chi connectivity index (χ0) is 10.7. The molecule has 1 heterocycles. The second-order valence-corrected chi connectivity index (χ2v) is 4.60. The number of nitrogens with zero attached hydrogens (tertiary/aromatic N) is 1. The van der Waals surface area contributed by atoms with Gasteiger partial charge in [-0.3, -0.25) is 4.98 Å². The molecule has 1 N–H and O–H groups in total. The number of rotatable bonds is 5. The van der Waals surface area contributed by atoms with E-state index < -0.39 is 0 Å². The molecule has 2 heteroatoms. The van der Waals surface area contributed by atoms with Gasteiger partial charge in [-0.1, -0.05) is 19.4 Å². The minimum atomic E-state index is 0.757. The standard InChI is InChI=1S/C13H20N2/c1-3-4-11-7-13(11)15-9-12-6-5-10(2)8-14-12/h5-6,8,11,13,15H,3-4,7,9H2,1-2H3. The van der Waals surface area contributed by atoms with Gasteiger partial charge in [-0.15, -0.1) is 0 Å². The quantitative estimate of drug-likeness (QED) is 0.797. The molecule has 2 atom stereocenters. The third-order valence-electron chi connectivity index (χ3n) is 3.10. The van der Waals surface area contributed by atoms with Crippen LogP contribution in [0.15, 0.2) is 18.3 Å². The van der Waals surface area contributed by atoms with Crippen LogP contribution in [0.5, 0.6) is 0 Å². The summed E-state index contributed by atoms with van der Waals surface area (Å²) in [5.74, 6) is 0.931. The molecule has 2 unspecified atom stereocenters. The summed E-state index contributed by atoms with van der Waals surface area (Å²) in [5, 5.41) is 3.56. The molecule has 0 radical (unpaired) electrons. The summed E-state index contributed by atoms with van der Waals surface area (Å²) in [6.07, 6.45) is 5.98. The fraction of sp³-hybridized carbons (Fsp3) is 0.615. The highest BCUT2D eigenvalue weighted by Gasteiger charge is 2.35. The summed E-state index contributed by atoms with van der Waals surface area (Å²) in [4.78, 5) is 4.39. The molecule has 82 valence electrons. The van der Waals surface area contributed by atoms with Crippen molar-refractivity contribution >= 4 is 0 Å². The summed E-state index contributed by atoms with van der Waals surface area (Å²) in [6, 6.07) is 4.99. The highest BCUT2D eigenvalue weighted by Crippen LogP contribution is 2.34. The lowest BCUT2D eigenvalue weighted by molar-refractivity contribution is 0.594. The van der Waals surface area contributed by atoms with E-state index in [2.05, 4.69) is 36.3 Å². The first-order valence-corrected chi connectivity index (χ1v) is 5.94. The van der Waals surface area contributed by atoms with Crippen LogP contribution >= 0.6 is 0 Å². The van der Waals surface area contributed by atoms with Gasteiger partial charge in [0.15, 0.2) is 0 Å². The Bertz CT molecular complexity index is 305. The first-order chi connectivity index (χ1) is 7.29. The molecule has 2 rings (SSSR count). The summed E-state index contributed by atoms with van der Waals surface area (Å²) < 4.78 is 0. The van der Waals surface area contributed by atoms with E-state index in [0.717, 1.165) is 24.2 Å². The first-order valence-electron chi connectivity index (χ1n) is 5.94. The minimum Gasteiger partial charge on any atom is -0.308 e. The SMILES string of the molecule is CCCC1CC1NCc1ccc(C)cn1. The van der Waals surface area contributed by atoms with Gasteiger partial charge in [0.25, 0.3) is 0 Å². The van der Waals surface area contributed by atoms with E-state index in [-0.39, 0.29) is 0 Å². The van der Waals surface area contributed by atoms with Crippen LogP contribution in [0.1, 0.15) is 37.4 Å². The summed E-state index contributed by atoms with van der Waals surface area (Å²) in [6.45, 7) is 5.25. The van der Waals surface area contributed by atoms with E-state index in [1.54, 1.807) is 0 Å². The Morgan fingerprint density at radius 1 is 1.47 bits per heavy atom. The summed E-state index contributed by atoms with van der Waals surface area (Å²) in [7, 11) is 0. The van der Waals surface area contributed by atoms with Crippen molar-refractivity contribution in [3.63, 3.8) is 0 Å². The number of nitrogens with one attached hydrogen (secondary N) is 1. The highest BCUT2D eigenvalue weighted by molar-refractivity contribution is 5.12. The molecule has 1 aliphatic carbocycles. The lowest BCUT2D eigenvalue weighted by atomic mass is 10.2. The highest BCUT2D eigenvalue weighted by atomic mass is 15.0. The molecule has 0 amide bonds. The molecule has 1 aromatic rings. The van der Waals surface area contributed by atoms with Gasteiger partial charge in [-0.05, 0) is 37.3 Å². The van der Waals surface area contributed by atoms with E-state index in [4.69, 9.17) is 0 Å². The normalized spacial score (nSPS) is 24.1. The van der Waals surface area contributed by atoms with Crippen LogP contribution in [0.2, 0.25) is 0 Å². The monoisotopic (exact) mass is 204 g/mol. The number of pyridine rings is 1. The predicted octanol–water partition coefficient (Wildman–Crippen LogP) is 2.67. The minimum absolute atomic E-state index is 0.757. The van der Waals surface area contributed by atoms with Crippen molar-refractivity contribution < 1.29 is 0 Å². The number of hydrogen-bond donors (Lipinski definition) is 1. The zero-order valence-corrected chi connectivity index (χ0v) is 9.66. The van der Waals surface area contributed by atoms with Gasteiger partial charge in [0, 0.05) is 18.8 Å². The fourth-order valence-electron chi connectivity index (χ4n) is 2.03. The van der Waals surface area contributed by atoms with Crippen LogP contribution in [0.25, 0.3) is 0 Å². The molecule has 0 aromatic carbocycles. The van der Waals surface area contributed by atoms with Crippen LogP contribution in [-0.4, -0.2) is 11.0 Å². The lowest BCUT2D eigenvalue weighted by Gasteiger charge is -2.03. The number of aryl methyl sites for hydroxylation is 1. The molecule has 0 aliphatic heterocycles. The van der Waals surface area contributed by atoms with E-state index >= 15 is 0 Å².